The number of unbranched alkanes of at least 4 members (excludes halogenated alkanes) is 1. The lowest BCUT2D eigenvalue weighted by atomic mass is 10.0. The van der Waals surface area contributed by atoms with Crippen molar-refractivity contribution in [3.8, 4) is 5.75 Å². The fourth-order valence-electron chi connectivity index (χ4n) is 2.00. The molecule has 0 aliphatic rings. The zero-order chi connectivity index (χ0) is 13.4. The minimum atomic E-state index is 0.361. The van der Waals surface area contributed by atoms with E-state index in [9.17, 15) is 0 Å². The Morgan fingerprint density at radius 2 is 2.28 bits per heavy atom. The molecule has 0 fully saturated rings. The van der Waals surface area contributed by atoms with Crippen molar-refractivity contribution in [2.75, 3.05) is 13.7 Å². The van der Waals surface area contributed by atoms with Gasteiger partial charge >= 0.3 is 0 Å². The van der Waals surface area contributed by atoms with Crippen LogP contribution in [0, 0.1) is 0 Å². The quantitative estimate of drug-likeness (QED) is 0.565. The van der Waals surface area contributed by atoms with Gasteiger partial charge in [0.1, 0.15) is 5.75 Å². The number of hydrogen-bond donors (Lipinski definition) is 1. The highest BCUT2D eigenvalue weighted by Gasteiger charge is 2.14. The standard InChI is InChI=1S/C15H22BrNO/c1-4-6-7-8-15(17-5-2)13-11-12(18-3)9-10-14(13)16/h4,9-11,15,17H,1,5-8H2,2-3H3. The van der Waals surface area contributed by atoms with Gasteiger partial charge < -0.3 is 10.1 Å². The molecular formula is C15H22BrNO. The fourth-order valence-corrected chi connectivity index (χ4v) is 2.52. The lowest BCUT2D eigenvalue weighted by Crippen LogP contribution is -2.21. The van der Waals surface area contributed by atoms with E-state index in [1.165, 1.54) is 5.56 Å². The van der Waals surface area contributed by atoms with Crippen molar-refractivity contribution in [1.29, 1.82) is 0 Å². The van der Waals surface area contributed by atoms with Gasteiger partial charge in [-0.3, -0.25) is 0 Å². The highest BCUT2D eigenvalue weighted by molar-refractivity contribution is 9.10. The maximum atomic E-state index is 5.30. The Morgan fingerprint density at radius 3 is 2.89 bits per heavy atom. The molecule has 0 saturated heterocycles. The minimum Gasteiger partial charge on any atom is -0.497 e. The van der Waals surface area contributed by atoms with Crippen LogP contribution in [0.15, 0.2) is 35.3 Å². The second kappa shape index (κ2) is 8.33. The third-order valence-corrected chi connectivity index (χ3v) is 3.65. The van der Waals surface area contributed by atoms with Gasteiger partial charge in [0, 0.05) is 10.5 Å². The summed E-state index contributed by atoms with van der Waals surface area (Å²) in [6, 6.07) is 6.48. The molecule has 0 amide bonds. The lowest BCUT2D eigenvalue weighted by molar-refractivity contribution is 0.412. The Kier molecular flexibility index (Phi) is 7.06. The summed E-state index contributed by atoms with van der Waals surface area (Å²) in [5, 5.41) is 3.53. The van der Waals surface area contributed by atoms with Gasteiger partial charge in [-0.15, -0.1) is 6.58 Å². The number of allylic oxidation sites excluding steroid dienone is 1. The van der Waals surface area contributed by atoms with Crippen molar-refractivity contribution >= 4 is 15.9 Å². The summed E-state index contributed by atoms with van der Waals surface area (Å²) in [6.45, 7) is 6.87. The molecule has 100 valence electrons. The van der Waals surface area contributed by atoms with E-state index in [0.29, 0.717) is 6.04 Å². The smallest absolute Gasteiger partial charge is 0.119 e. The number of benzene rings is 1. The molecular weight excluding hydrogens is 290 g/mol. The zero-order valence-electron chi connectivity index (χ0n) is 11.2. The van der Waals surface area contributed by atoms with Gasteiger partial charge in [-0.25, -0.2) is 0 Å². The van der Waals surface area contributed by atoms with Crippen LogP contribution in [0.2, 0.25) is 0 Å². The highest BCUT2D eigenvalue weighted by atomic mass is 79.9. The first-order valence-corrected chi connectivity index (χ1v) is 7.20. The van der Waals surface area contributed by atoms with Gasteiger partial charge in [0.2, 0.25) is 0 Å². The molecule has 0 aromatic heterocycles. The predicted octanol–water partition coefficient (Wildman–Crippen LogP) is 4.46. The van der Waals surface area contributed by atoms with Crippen molar-refractivity contribution in [2.45, 2.75) is 32.2 Å². The van der Waals surface area contributed by atoms with Gasteiger partial charge in [-0.1, -0.05) is 28.9 Å². The molecule has 1 atom stereocenters. The summed E-state index contributed by atoms with van der Waals surface area (Å²) in [5.74, 6) is 0.903. The SMILES string of the molecule is C=CCCCC(NCC)c1cc(OC)ccc1Br. The normalized spacial score (nSPS) is 12.2. The molecule has 1 N–H and O–H groups in total. The van der Waals surface area contributed by atoms with Gasteiger partial charge in [-0.2, -0.15) is 0 Å². The highest BCUT2D eigenvalue weighted by Crippen LogP contribution is 2.30. The minimum absolute atomic E-state index is 0.361. The molecule has 18 heavy (non-hydrogen) atoms. The van der Waals surface area contributed by atoms with Crippen molar-refractivity contribution in [1.82, 2.24) is 5.32 Å². The molecule has 0 spiro atoms. The summed E-state index contributed by atoms with van der Waals surface area (Å²) in [7, 11) is 1.70. The molecule has 0 bridgehead atoms. The summed E-state index contributed by atoms with van der Waals surface area (Å²) >= 11 is 3.62. The van der Waals surface area contributed by atoms with Crippen LogP contribution in [0.25, 0.3) is 0 Å². The van der Waals surface area contributed by atoms with E-state index < -0.39 is 0 Å². The van der Waals surface area contributed by atoms with Crippen LogP contribution in [-0.4, -0.2) is 13.7 Å². The summed E-state index contributed by atoms with van der Waals surface area (Å²) < 4.78 is 6.43. The predicted molar refractivity (Wildman–Crippen MR) is 81.2 cm³/mol. The van der Waals surface area contributed by atoms with Gasteiger partial charge in [-0.05, 0) is 49.6 Å². The summed E-state index contributed by atoms with van der Waals surface area (Å²) in [6.07, 6.45) is 5.28. The van der Waals surface area contributed by atoms with Crippen molar-refractivity contribution in [3.63, 3.8) is 0 Å². The molecule has 0 heterocycles. The van der Waals surface area contributed by atoms with E-state index in [1.807, 2.05) is 18.2 Å². The van der Waals surface area contributed by atoms with Crippen LogP contribution in [0.4, 0.5) is 0 Å². The van der Waals surface area contributed by atoms with E-state index in [2.05, 4.69) is 40.8 Å². The first kappa shape index (κ1) is 15.3. The molecule has 0 aliphatic carbocycles. The Morgan fingerprint density at radius 1 is 1.50 bits per heavy atom. The Bertz CT molecular complexity index is 379. The molecule has 0 saturated carbocycles. The molecule has 1 aromatic carbocycles. The fraction of sp³-hybridized carbons (Fsp3) is 0.467. The number of rotatable bonds is 8. The third kappa shape index (κ3) is 4.46. The van der Waals surface area contributed by atoms with Gasteiger partial charge in [0.05, 0.1) is 7.11 Å². The molecule has 1 unspecified atom stereocenters. The van der Waals surface area contributed by atoms with Crippen LogP contribution >= 0.6 is 15.9 Å². The van der Waals surface area contributed by atoms with E-state index in [4.69, 9.17) is 4.74 Å². The van der Waals surface area contributed by atoms with Crippen molar-refractivity contribution in [2.24, 2.45) is 0 Å². The molecule has 1 rings (SSSR count). The number of methoxy groups -OCH3 is 1. The maximum Gasteiger partial charge on any atom is 0.119 e. The van der Waals surface area contributed by atoms with Crippen LogP contribution in [0.1, 0.15) is 37.8 Å². The summed E-state index contributed by atoms with van der Waals surface area (Å²) in [4.78, 5) is 0. The number of hydrogen-bond acceptors (Lipinski definition) is 2. The Balaban J connectivity index is 2.85. The van der Waals surface area contributed by atoms with Crippen molar-refractivity contribution < 1.29 is 4.74 Å². The largest absolute Gasteiger partial charge is 0.497 e. The van der Waals surface area contributed by atoms with E-state index >= 15 is 0 Å². The third-order valence-electron chi connectivity index (χ3n) is 2.93. The van der Waals surface area contributed by atoms with E-state index in [-0.39, 0.29) is 0 Å². The molecule has 3 heteroatoms. The average molecular weight is 312 g/mol. The number of halogens is 1. The molecule has 0 aliphatic heterocycles. The van der Waals surface area contributed by atoms with Crippen LogP contribution in [-0.2, 0) is 0 Å². The van der Waals surface area contributed by atoms with Crippen LogP contribution in [0.3, 0.4) is 0 Å². The zero-order valence-corrected chi connectivity index (χ0v) is 12.8. The topological polar surface area (TPSA) is 21.3 Å². The van der Waals surface area contributed by atoms with Crippen LogP contribution < -0.4 is 10.1 Å². The second-order valence-electron chi connectivity index (χ2n) is 4.22. The van der Waals surface area contributed by atoms with Gasteiger partial charge in [0.15, 0.2) is 0 Å². The second-order valence-corrected chi connectivity index (χ2v) is 5.07. The van der Waals surface area contributed by atoms with Crippen LogP contribution in [0.5, 0.6) is 5.75 Å². The molecule has 0 radical (unpaired) electrons. The van der Waals surface area contributed by atoms with Gasteiger partial charge in [0.25, 0.3) is 0 Å². The summed E-state index contributed by atoms with van der Waals surface area (Å²) in [5.41, 5.74) is 1.26. The van der Waals surface area contributed by atoms with E-state index in [1.54, 1.807) is 7.11 Å². The number of nitrogens with one attached hydrogen (secondary N) is 1. The van der Waals surface area contributed by atoms with Crippen molar-refractivity contribution in [3.05, 3.63) is 40.9 Å². The molecule has 2 nitrogen and oxygen atoms in total. The van der Waals surface area contributed by atoms with E-state index in [0.717, 1.165) is 36.0 Å². The Hall–Kier alpha value is -0.800. The Labute approximate surface area is 119 Å². The monoisotopic (exact) mass is 311 g/mol. The maximum absolute atomic E-state index is 5.30. The average Bonchev–Trinajstić information content (AvgIpc) is 2.39. The first-order valence-electron chi connectivity index (χ1n) is 6.40. The molecule has 1 aromatic rings. The number of ether oxygens (including phenoxy) is 1. The lowest BCUT2D eigenvalue weighted by Gasteiger charge is -2.20. The first-order chi connectivity index (χ1) is 8.72.